The first-order chi connectivity index (χ1) is 15.2. The highest BCUT2D eigenvalue weighted by atomic mass is 16.6. The Morgan fingerprint density at radius 3 is 1.84 bits per heavy atom. The zero-order valence-corrected chi connectivity index (χ0v) is 20.1. The molecule has 0 saturated carbocycles. The van der Waals surface area contributed by atoms with E-state index in [4.69, 9.17) is 9.47 Å². The summed E-state index contributed by atoms with van der Waals surface area (Å²) in [4.78, 5) is 0. The standard InChI is InChI=1S/C26H50O5/c1-2-3-4-5-6-7-8-9-10-11-12-13-14-15-16-17-18-19-20-30-26-24(21-27)31-22-23(28)25(26)29/h5-6,23-29H,2-4,7-22H2,1H3/b6-5+/t23-,24+,25+,26+/m1/s1. The fourth-order valence-corrected chi connectivity index (χ4v) is 4.13. The second-order valence-corrected chi connectivity index (χ2v) is 9.09. The van der Waals surface area contributed by atoms with Crippen LogP contribution in [0.3, 0.4) is 0 Å². The van der Waals surface area contributed by atoms with Crippen LogP contribution in [0.5, 0.6) is 0 Å². The summed E-state index contributed by atoms with van der Waals surface area (Å²) >= 11 is 0. The van der Waals surface area contributed by atoms with Crippen LogP contribution in [0.4, 0.5) is 0 Å². The lowest BCUT2D eigenvalue weighted by atomic mass is 10.0. The van der Waals surface area contributed by atoms with E-state index in [9.17, 15) is 15.3 Å². The van der Waals surface area contributed by atoms with Gasteiger partial charge in [-0.3, -0.25) is 0 Å². The summed E-state index contributed by atoms with van der Waals surface area (Å²) < 4.78 is 11.0. The van der Waals surface area contributed by atoms with Gasteiger partial charge in [-0.25, -0.2) is 0 Å². The monoisotopic (exact) mass is 442 g/mol. The normalized spacial score (nSPS) is 24.3. The van der Waals surface area contributed by atoms with Gasteiger partial charge in [-0.2, -0.15) is 0 Å². The lowest BCUT2D eigenvalue weighted by Gasteiger charge is -2.37. The number of hydrogen-bond acceptors (Lipinski definition) is 5. The molecule has 0 aliphatic carbocycles. The number of rotatable bonds is 20. The molecule has 1 rings (SSSR count). The molecule has 1 fully saturated rings. The Balaban J connectivity index is 1.82. The average Bonchev–Trinajstić information content (AvgIpc) is 2.78. The first kappa shape index (κ1) is 28.6. The van der Waals surface area contributed by atoms with Crippen LogP contribution in [-0.4, -0.2) is 59.6 Å². The van der Waals surface area contributed by atoms with Crippen LogP contribution < -0.4 is 0 Å². The molecular weight excluding hydrogens is 392 g/mol. The highest BCUT2D eigenvalue weighted by molar-refractivity contribution is 4.87. The van der Waals surface area contributed by atoms with Gasteiger partial charge in [0.15, 0.2) is 0 Å². The van der Waals surface area contributed by atoms with Gasteiger partial charge in [0.25, 0.3) is 0 Å². The van der Waals surface area contributed by atoms with Gasteiger partial charge < -0.3 is 24.8 Å². The average molecular weight is 443 g/mol. The molecule has 1 aliphatic rings. The molecule has 0 radical (unpaired) electrons. The van der Waals surface area contributed by atoms with Crippen molar-refractivity contribution in [1.82, 2.24) is 0 Å². The Kier molecular flexibility index (Phi) is 18.6. The summed E-state index contributed by atoms with van der Waals surface area (Å²) in [5, 5.41) is 29.0. The van der Waals surface area contributed by atoms with Crippen LogP contribution in [-0.2, 0) is 9.47 Å². The first-order valence-electron chi connectivity index (χ1n) is 13.1. The van der Waals surface area contributed by atoms with Crippen molar-refractivity contribution in [3.05, 3.63) is 12.2 Å². The SMILES string of the molecule is CCCC/C=C/CCCCCCCCCCCCCCO[C@@H]1[C@@H](O)[C@H](O)CO[C@H]1CO. The number of unbranched alkanes of at least 4 members (excludes halogenated alkanes) is 14. The van der Waals surface area contributed by atoms with E-state index in [0.717, 1.165) is 12.8 Å². The molecule has 3 N–H and O–H groups in total. The van der Waals surface area contributed by atoms with Crippen molar-refractivity contribution in [3.63, 3.8) is 0 Å². The zero-order chi connectivity index (χ0) is 22.6. The summed E-state index contributed by atoms with van der Waals surface area (Å²) in [6, 6.07) is 0. The Labute approximate surface area is 191 Å². The number of hydrogen-bond donors (Lipinski definition) is 3. The van der Waals surface area contributed by atoms with Gasteiger partial charge in [-0.1, -0.05) is 96.1 Å². The molecule has 0 aromatic heterocycles. The molecule has 5 nitrogen and oxygen atoms in total. The van der Waals surface area contributed by atoms with Gasteiger partial charge in [0.2, 0.25) is 0 Å². The molecule has 1 heterocycles. The van der Waals surface area contributed by atoms with Crippen LogP contribution in [0.2, 0.25) is 0 Å². The van der Waals surface area contributed by atoms with E-state index in [1.54, 1.807) is 0 Å². The highest BCUT2D eigenvalue weighted by Gasteiger charge is 2.39. The number of aliphatic hydroxyl groups is 3. The summed E-state index contributed by atoms with van der Waals surface area (Å²) in [5.41, 5.74) is 0. The second kappa shape index (κ2) is 20.2. The zero-order valence-electron chi connectivity index (χ0n) is 20.1. The van der Waals surface area contributed by atoms with Gasteiger partial charge in [0.05, 0.1) is 13.2 Å². The van der Waals surface area contributed by atoms with Crippen molar-refractivity contribution in [2.24, 2.45) is 0 Å². The Bertz CT molecular complexity index is 413. The number of aliphatic hydroxyl groups excluding tert-OH is 3. The molecule has 4 atom stereocenters. The van der Waals surface area contributed by atoms with Crippen molar-refractivity contribution in [2.45, 2.75) is 134 Å². The van der Waals surface area contributed by atoms with Gasteiger partial charge in [-0.05, 0) is 25.7 Å². The predicted molar refractivity (Wildman–Crippen MR) is 127 cm³/mol. The molecule has 0 spiro atoms. The third kappa shape index (κ3) is 14.3. The first-order valence-corrected chi connectivity index (χ1v) is 13.1. The summed E-state index contributed by atoms with van der Waals surface area (Å²) in [5.74, 6) is 0. The molecule has 1 saturated heterocycles. The Hall–Kier alpha value is -0.460. The number of allylic oxidation sites excluding steroid dienone is 2. The van der Waals surface area contributed by atoms with Crippen LogP contribution in [0.15, 0.2) is 12.2 Å². The minimum Gasteiger partial charge on any atom is -0.394 e. The van der Waals surface area contributed by atoms with Crippen LogP contribution in [0.25, 0.3) is 0 Å². The predicted octanol–water partition coefficient (Wildman–Crippen LogP) is 5.30. The molecule has 0 aromatic carbocycles. The lowest BCUT2D eigenvalue weighted by Crippen LogP contribution is -2.55. The van der Waals surface area contributed by atoms with E-state index in [1.807, 2.05) is 0 Å². The summed E-state index contributed by atoms with van der Waals surface area (Å²) in [6.07, 6.45) is 22.2. The van der Waals surface area contributed by atoms with E-state index in [0.29, 0.717) is 6.61 Å². The smallest absolute Gasteiger partial charge is 0.114 e. The Morgan fingerprint density at radius 1 is 0.774 bits per heavy atom. The van der Waals surface area contributed by atoms with Crippen molar-refractivity contribution in [2.75, 3.05) is 19.8 Å². The quantitative estimate of drug-likeness (QED) is 0.176. The van der Waals surface area contributed by atoms with Crippen molar-refractivity contribution >= 4 is 0 Å². The molecule has 0 bridgehead atoms. The minimum absolute atomic E-state index is 0.0447. The maximum absolute atomic E-state index is 10.0. The third-order valence-corrected chi connectivity index (χ3v) is 6.22. The molecular formula is C26H50O5. The summed E-state index contributed by atoms with van der Waals surface area (Å²) in [7, 11) is 0. The van der Waals surface area contributed by atoms with Gasteiger partial charge in [-0.15, -0.1) is 0 Å². The van der Waals surface area contributed by atoms with Crippen LogP contribution >= 0.6 is 0 Å². The fourth-order valence-electron chi connectivity index (χ4n) is 4.13. The third-order valence-electron chi connectivity index (χ3n) is 6.22. The molecule has 184 valence electrons. The van der Waals surface area contributed by atoms with E-state index < -0.39 is 24.4 Å². The van der Waals surface area contributed by atoms with E-state index in [1.165, 1.54) is 89.9 Å². The van der Waals surface area contributed by atoms with Gasteiger partial charge >= 0.3 is 0 Å². The maximum atomic E-state index is 10.0. The Morgan fingerprint density at radius 2 is 1.29 bits per heavy atom. The van der Waals surface area contributed by atoms with Crippen molar-refractivity contribution < 1.29 is 24.8 Å². The lowest BCUT2D eigenvalue weighted by molar-refractivity contribution is -0.211. The highest BCUT2D eigenvalue weighted by Crippen LogP contribution is 2.19. The van der Waals surface area contributed by atoms with Crippen LogP contribution in [0.1, 0.15) is 110 Å². The molecule has 0 amide bonds. The van der Waals surface area contributed by atoms with Gasteiger partial charge in [0, 0.05) is 6.61 Å². The van der Waals surface area contributed by atoms with E-state index in [-0.39, 0.29) is 13.2 Å². The van der Waals surface area contributed by atoms with Crippen LogP contribution in [0, 0.1) is 0 Å². The maximum Gasteiger partial charge on any atom is 0.114 e. The molecule has 0 unspecified atom stereocenters. The summed E-state index contributed by atoms with van der Waals surface area (Å²) in [6.45, 7) is 2.62. The molecule has 5 heteroatoms. The molecule has 31 heavy (non-hydrogen) atoms. The fraction of sp³-hybridized carbons (Fsp3) is 0.923. The second-order valence-electron chi connectivity index (χ2n) is 9.09. The minimum atomic E-state index is -0.988. The molecule has 0 aromatic rings. The van der Waals surface area contributed by atoms with E-state index >= 15 is 0 Å². The van der Waals surface area contributed by atoms with Gasteiger partial charge in [0.1, 0.15) is 24.4 Å². The largest absolute Gasteiger partial charge is 0.394 e. The van der Waals surface area contributed by atoms with Crippen molar-refractivity contribution in [3.8, 4) is 0 Å². The number of ether oxygens (including phenoxy) is 2. The topological polar surface area (TPSA) is 79.2 Å². The van der Waals surface area contributed by atoms with Crippen molar-refractivity contribution in [1.29, 1.82) is 0 Å². The van der Waals surface area contributed by atoms with E-state index in [2.05, 4.69) is 19.1 Å². The molecule has 1 aliphatic heterocycles.